The topological polar surface area (TPSA) is 114 Å². The van der Waals surface area contributed by atoms with E-state index in [9.17, 15) is 9.90 Å². The van der Waals surface area contributed by atoms with Crippen LogP contribution in [0.4, 0.5) is 22.7 Å². The molecule has 2 aromatic rings. The van der Waals surface area contributed by atoms with Gasteiger partial charge in [-0.1, -0.05) is 0 Å². The van der Waals surface area contributed by atoms with Crippen LogP contribution in [0.15, 0.2) is 76.6 Å². The Kier molecular flexibility index (Phi) is 4.26. The van der Waals surface area contributed by atoms with Crippen LogP contribution in [-0.2, 0) is 4.79 Å². The number of nitrogens with one attached hydrogen (secondary N) is 1. The number of carbonyl (C=O) groups is 1. The van der Waals surface area contributed by atoms with Gasteiger partial charge in [-0.15, -0.1) is 0 Å². The normalized spacial score (nSPS) is 16.1. The highest BCUT2D eigenvalue weighted by Crippen LogP contribution is 2.25. The van der Waals surface area contributed by atoms with Gasteiger partial charge in [0, 0.05) is 28.7 Å². The van der Waals surface area contributed by atoms with E-state index in [4.69, 9.17) is 11.5 Å². The van der Waals surface area contributed by atoms with Crippen LogP contribution in [0.25, 0.3) is 0 Å². The lowest BCUT2D eigenvalue weighted by Gasteiger charge is -2.18. The van der Waals surface area contributed by atoms with E-state index in [0.717, 1.165) is 11.8 Å². The van der Waals surface area contributed by atoms with E-state index in [0.29, 0.717) is 34.0 Å². The van der Waals surface area contributed by atoms with Crippen molar-refractivity contribution in [3.05, 3.63) is 71.6 Å². The molecule has 0 aromatic heterocycles. The maximum atomic E-state index is 12.3. The number of nitrogens with zero attached hydrogens (tertiary/aromatic N) is 1. The summed E-state index contributed by atoms with van der Waals surface area (Å²) in [5.74, 6) is -0.481. The van der Waals surface area contributed by atoms with Gasteiger partial charge >= 0.3 is 0 Å². The Hall–Kier alpha value is -3.54. The average Bonchev–Trinajstić information content (AvgIpc) is 2.59. The summed E-state index contributed by atoms with van der Waals surface area (Å²) >= 11 is 0. The summed E-state index contributed by atoms with van der Waals surface area (Å²) in [6, 6.07) is 14.0. The maximum absolute atomic E-state index is 12.3. The summed E-state index contributed by atoms with van der Waals surface area (Å²) in [6.45, 7) is 1.73. The van der Waals surface area contributed by atoms with Crippen molar-refractivity contribution < 1.29 is 9.90 Å². The fourth-order valence-electron chi connectivity index (χ4n) is 2.45. The number of anilines is 3. The molecule has 0 saturated carbocycles. The number of ketones is 1. The van der Waals surface area contributed by atoms with Gasteiger partial charge in [-0.3, -0.25) is 4.79 Å². The molecular formula is C19H18N4O2. The monoisotopic (exact) mass is 334 g/mol. The number of carbonyl (C=O) groups excluding carboxylic acids is 1. The number of aliphatic imine (C=N–C) groups is 1. The first-order valence-corrected chi connectivity index (χ1v) is 7.67. The SMILES string of the molecule is CC1=C(Nc2ccc(N)cc2)C(=O)C=C(O)/C1=N\c1ccc(N)cc1. The Labute approximate surface area is 145 Å². The molecule has 0 saturated heterocycles. The van der Waals surface area contributed by atoms with E-state index in [1.807, 2.05) is 0 Å². The molecule has 3 rings (SSSR count). The summed E-state index contributed by atoms with van der Waals surface area (Å²) in [5, 5.41) is 13.2. The molecular weight excluding hydrogens is 316 g/mol. The Balaban J connectivity index is 1.98. The Bertz CT molecular complexity index is 907. The molecule has 6 nitrogen and oxygen atoms in total. The number of aliphatic hydroxyl groups excluding tert-OH is 1. The average molecular weight is 334 g/mol. The molecule has 0 heterocycles. The number of allylic oxidation sites excluding steroid dienone is 2. The van der Waals surface area contributed by atoms with Crippen molar-refractivity contribution in [1.82, 2.24) is 0 Å². The standard InChI is InChI=1S/C19H18N4O2/c1-11-18(22-14-6-2-12(20)3-7-14)16(24)10-17(25)19(11)23-15-8-4-13(21)5-9-15/h2-10,22,25H,20-21H2,1H3/b23-19-. The second-order valence-electron chi connectivity index (χ2n) is 5.69. The van der Waals surface area contributed by atoms with Gasteiger partial charge in [0.15, 0.2) is 0 Å². The predicted octanol–water partition coefficient (Wildman–Crippen LogP) is 3.33. The highest BCUT2D eigenvalue weighted by molar-refractivity contribution is 6.24. The molecule has 6 N–H and O–H groups in total. The first-order chi connectivity index (χ1) is 11.9. The number of hydrogen-bond donors (Lipinski definition) is 4. The van der Waals surface area contributed by atoms with Crippen molar-refractivity contribution in [2.75, 3.05) is 16.8 Å². The second kappa shape index (κ2) is 6.52. The lowest BCUT2D eigenvalue weighted by atomic mass is 9.98. The van der Waals surface area contributed by atoms with Gasteiger partial charge in [-0.25, -0.2) is 4.99 Å². The Morgan fingerprint density at radius 2 is 1.52 bits per heavy atom. The zero-order valence-corrected chi connectivity index (χ0v) is 13.7. The summed E-state index contributed by atoms with van der Waals surface area (Å²) < 4.78 is 0. The van der Waals surface area contributed by atoms with Crippen LogP contribution in [0.1, 0.15) is 6.92 Å². The van der Waals surface area contributed by atoms with Crippen molar-refractivity contribution in [3.8, 4) is 0 Å². The predicted molar refractivity (Wildman–Crippen MR) is 101 cm³/mol. The summed E-state index contributed by atoms with van der Waals surface area (Å²) in [4.78, 5) is 16.7. The minimum absolute atomic E-state index is 0.165. The van der Waals surface area contributed by atoms with Crippen molar-refractivity contribution in [2.45, 2.75) is 6.92 Å². The number of nitrogen functional groups attached to an aromatic ring is 2. The third-order valence-corrected chi connectivity index (χ3v) is 3.80. The van der Waals surface area contributed by atoms with Gasteiger partial charge < -0.3 is 21.9 Å². The van der Waals surface area contributed by atoms with Crippen LogP contribution in [0.5, 0.6) is 0 Å². The zero-order valence-electron chi connectivity index (χ0n) is 13.7. The molecule has 0 spiro atoms. The molecule has 0 fully saturated rings. The fourth-order valence-corrected chi connectivity index (χ4v) is 2.45. The molecule has 0 amide bonds. The van der Waals surface area contributed by atoms with Crippen molar-refractivity contribution in [3.63, 3.8) is 0 Å². The summed E-state index contributed by atoms with van der Waals surface area (Å²) in [5.41, 5.74) is 15.2. The molecule has 0 atom stereocenters. The molecule has 0 bridgehead atoms. The fraction of sp³-hybridized carbons (Fsp3) is 0.0526. The number of aliphatic hydroxyl groups is 1. The van der Waals surface area contributed by atoms with Gasteiger partial charge in [0.1, 0.15) is 11.5 Å². The van der Waals surface area contributed by atoms with E-state index in [1.54, 1.807) is 55.5 Å². The van der Waals surface area contributed by atoms with E-state index in [-0.39, 0.29) is 11.5 Å². The molecule has 126 valence electrons. The summed E-state index contributed by atoms with van der Waals surface area (Å²) in [6.07, 6.45) is 1.16. The van der Waals surface area contributed by atoms with Gasteiger partial charge in [-0.2, -0.15) is 0 Å². The van der Waals surface area contributed by atoms with E-state index < -0.39 is 0 Å². The molecule has 6 heteroatoms. The third kappa shape index (κ3) is 3.53. The third-order valence-electron chi connectivity index (χ3n) is 3.80. The first-order valence-electron chi connectivity index (χ1n) is 7.67. The van der Waals surface area contributed by atoms with Crippen LogP contribution >= 0.6 is 0 Å². The lowest BCUT2D eigenvalue weighted by Crippen LogP contribution is -2.22. The molecule has 1 aliphatic carbocycles. The van der Waals surface area contributed by atoms with Crippen LogP contribution in [0.2, 0.25) is 0 Å². The minimum Gasteiger partial charge on any atom is -0.506 e. The van der Waals surface area contributed by atoms with Crippen LogP contribution < -0.4 is 16.8 Å². The first kappa shape index (κ1) is 16.3. The smallest absolute Gasteiger partial charge is 0.206 e. The maximum Gasteiger partial charge on any atom is 0.206 e. The Morgan fingerprint density at radius 3 is 2.12 bits per heavy atom. The molecule has 0 unspecified atom stereocenters. The van der Waals surface area contributed by atoms with Crippen molar-refractivity contribution in [2.24, 2.45) is 4.99 Å². The quantitative estimate of drug-likeness (QED) is 0.508. The molecule has 0 radical (unpaired) electrons. The van der Waals surface area contributed by atoms with Crippen LogP contribution in [0.3, 0.4) is 0 Å². The molecule has 1 aliphatic rings. The number of hydrogen-bond acceptors (Lipinski definition) is 6. The van der Waals surface area contributed by atoms with Crippen molar-refractivity contribution >= 4 is 34.2 Å². The van der Waals surface area contributed by atoms with Crippen LogP contribution in [-0.4, -0.2) is 16.6 Å². The van der Waals surface area contributed by atoms with E-state index >= 15 is 0 Å². The summed E-state index contributed by atoms with van der Waals surface area (Å²) in [7, 11) is 0. The van der Waals surface area contributed by atoms with Gasteiger partial charge in [-0.05, 0) is 55.5 Å². The molecule has 0 aliphatic heterocycles. The highest BCUT2D eigenvalue weighted by atomic mass is 16.3. The van der Waals surface area contributed by atoms with Crippen molar-refractivity contribution in [1.29, 1.82) is 0 Å². The highest BCUT2D eigenvalue weighted by Gasteiger charge is 2.24. The van der Waals surface area contributed by atoms with E-state index in [1.165, 1.54) is 0 Å². The van der Waals surface area contributed by atoms with E-state index in [2.05, 4.69) is 10.3 Å². The minimum atomic E-state index is -0.317. The zero-order chi connectivity index (χ0) is 18.0. The van der Waals surface area contributed by atoms with Gasteiger partial charge in [0.2, 0.25) is 5.78 Å². The Morgan fingerprint density at radius 1 is 0.960 bits per heavy atom. The van der Waals surface area contributed by atoms with Gasteiger partial charge in [0.25, 0.3) is 0 Å². The second-order valence-corrected chi connectivity index (χ2v) is 5.69. The lowest BCUT2D eigenvalue weighted by molar-refractivity contribution is -0.111. The number of benzene rings is 2. The number of nitrogens with two attached hydrogens (primary N) is 2. The van der Waals surface area contributed by atoms with Gasteiger partial charge in [0.05, 0.1) is 11.4 Å². The molecule has 25 heavy (non-hydrogen) atoms. The largest absolute Gasteiger partial charge is 0.506 e. The molecule has 2 aromatic carbocycles. The van der Waals surface area contributed by atoms with Crippen LogP contribution in [0, 0.1) is 0 Å². The number of rotatable bonds is 3.